The van der Waals surface area contributed by atoms with Crippen LogP contribution in [0.1, 0.15) is 33.5 Å². The molecule has 3 N–H and O–H groups in total. The van der Waals surface area contributed by atoms with Crippen molar-refractivity contribution in [2.45, 2.75) is 25.0 Å². The molecule has 1 saturated heterocycles. The Hall–Kier alpha value is -5.26. The maximum absolute atomic E-state index is 13.7. The number of imide groups is 1. The Kier molecular flexibility index (Phi) is 7.14. The first-order valence-electron chi connectivity index (χ1n) is 12.7. The van der Waals surface area contributed by atoms with Gasteiger partial charge >= 0.3 is 18.1 Å². The van der Waals surface area contributed by atoms with Gasteiger partial charge in [0.2, 0.25) is 11.5 Å². The largest absolute Gasteiger partial charge is 0.478 e. The highest BCUT2D eigenvalue weighted by molar-refractivity contribution is 6.09. The maximum atomic E-state index is 13.7. The van der Waals surface area contributed by atoms with Crippen molar-refractivity contribution in [3.8, 4) is 0 Å². The van der Waals surface area contributed by atoms with Crippen molar-refractivity contribution < 1.29 is 38.2 Å². The van der Waals surface area contributed by atoms with E-state index < -0.39 is 47.9 Å². The number of nitrogens with zero attached hydrogens (tertiary/aromatic N) is 2. The van der Waals surface area contributed by atoms with Crippen LogP contribution in [0.4, 0.5) is 25.4 Å². The van der Waals surface area contributed by atoms with Crippen LogP contribution in [0.2, 0.25) is 0 Å². The minimum Gasteiger partial charge on any atom is -0.478 e. The lowest BCUT2D eigenvalue weighted by molar-refractivity contribution is -0.139. The molecule has 1 aliphatic carbocycles. The molecule has 5 amide bonds. The molecule has 1 atom stereocenters. The number of carbonyl (C=O) groups is 5. The van der Waals surface area contributed by atoms with Gasteiger partial charge in [0.25, 0.3) is 5.91 Å². The first kappa shape index (κ1) is 27.3. The van der Waals surface area contributed by atoms with E-state index in [2.05, 4.69) is 10.6 Å². The van der Waals surface area contributed by atoms with E-state index >= 15 is 0 Å². The molecule has 3 aromatic rings. The van der Waals surface area contributed by atoms with Crippen LogP contribution in [0.5, 0.6) is 0 Å². The Morgan fingerprint density at radius 1 is 1.07 bits per heavy atom. The number of fused-ring (bicyclic) bond motifs is 2. The molecule has 1 heterocycles. The van der Waals surface area contributed by atoms with Crippen molar-refractivity contribution in [3.63, 3.8) is 0 Å². The summed E-state index contributed by atoms with van der Waals surface area (Å²) in [5, 5.41) is 14.8. The number of rotatable bonds is 7. The molecule has 1 spiro atoms. The highest BCUT2D eigenvalue weighted by Crippen LogP contribution is 2.46. The van der Waals surface area contributed by atoms with Crippen molar-refractivity contribution in [2.75, 3.05) is 23.8 Å². The average Bonchev–Trinajstić information content (AvgIpc) is 3.44. The molecule has 0 bridgehead atoms. The van der Waals surface area contributed by atoms with Crippen LogP contribution < -0.4 is 15.5 Å². The van der Waals surface area contributed by atoms with Gasteiger partial charge in [-0.3, -0.25) is 9.59 Å². The molecule has 1 aliphatic heterocycles. The topological polar surface area (TPSA) is 145 Å². The zero-order chi connectivity index (χ0) is 29.3. The number of hydrogen-bond acceptors (Lipinski definition) is 6. The summed E-state index contributed by atoms with van der Waals surface area (Å²) in [6.45, 7) is -0.851. The predicted octanol–water partition coefficient (Wildman–Crippen LogP) is 3.63. The number of benzene rings is 3. The predicted molar refractivity (Wildman–Crippen MR) is 144 cm³/mol. The van der Waals surface area contributed by atoms with E-state index in [1.165, 1.54) is 49.5 Å². The minimum atomic E-state index is -1.61. The summed E-state index contributed by atoms with van der Waals surface area (Å²) in [7, 11) is 1.48. The van der Waals surface area contributed by atoms with Crippen LogP contribution in [-0.2, 0) is 32.9 Å². The fourth-order valence-electron chi connectivity index (χ4n) is 5.12. The van der Waals surface area contributed by atoms with E-state index in [0.717, 1.165) is 9.80 Å². The van der Waals surface area contributed by atoms with Gasteiger partial charge in [0.1, 0.15) is 12.4 Å². The van der Waals surface area contributed by atoms with Crippen molar-refractivity contribution in [1.82, 2.24) is 10.2 Å². The maximum Gasteiger partial charge on any atom is 0.418 e. The van der Waals surface area contributed by atoms with E-state index in [9.17, 15) is 33.5 Å². The number of anilines is 2. The lowest BCUT2D eigenvalue weighted by atomic mass is 9.94. The van der Waals surface area contributed by atoms with E-state index in [4.69, 9.17) is 4.74 Å². The number of amides is 5. The summed E-state index contributed by atoms with van der Waals surface area (Å²) < 4.78 is 19.1. The third-order valence-electron chi connectivity index (χ3n) is 7.12. The molecule has 0 radical (unpaired) electrons. The number of ether oxygens (including phenoxy) is 1. The van der Waals surface area contributed by atoms with Gasteiger partial charge in [-0.1, -0.05) is 30.3 Å². The molecule has 0 aromatic heterocycles. The van der Waals surface area contributed by atoms with Gasteiger partial charge in [-0.25, -0.2) is 23.7 Å². The van der Waals surface area contributed by atoms with Gasteiger partial charge in [0, 0.05) is 24.7 Å². The molecule has 12 heteroatoms. The molecule has 210 valence electrons. The Bertz CT molecular complexity index is 1580. The van der Waals surface area contributed by atoms with Gasteiger partial charge in [-0.05, 0) is 53.9 Å². The molecule has 5 rings (SSSR count). The third-order valence-corrected chi connectivity index (χ3v) is 7.12. The highest BCUT2D eigenvalue weighted by atomic mass is 19.1. The van der Waals surface area contributed by atoms with Crippen LogP contribution >= 0.6 is 0 Å². The van der Waals surface area contributed by atoms with Crippen molar-refractivity contribution in [2.24, 2.45) is 0 Å². The van der Waals surface area contributed by atoms with E-state index in [1.54, 1.807) is 24.3 Å². The smallest absolute Gasteiger partial charge is 0.418 e. The highest BCUT2D eigenvalue weighted by Gasteiger charge is 2.58. The summed E-state index contributed by atoms with van der Waals surface area (Å²) in [5.41, 5.74) is 0.440. The second-order valence-corrected chi connectivity index (χ2v) is 9.59. The van der Waals surface area contributed by atoms with Gasteiger partial charge in [0.05, 0.1) is 17.8 Å². The van der Waals surface area contributed by atoms with Crippen LogP contribution in [0.15, 0.2) is 66.7 Å². The number of halogens is 1. The minimum absolute atomic E-state index is 0.0476. The fraction of sp³-hybridized carbons (Fsp3) is 0.207. The quantitative estimate of drug-likeness (QED) is 0.400. The van der Waals surface area contributed by atoms with Crippen LogP contribution in [-0.4, -0.2) is 53.5 Å². The molecule has 0 unspecified atom stereocenters. The summed E-state index contributed by atoms with van der Waals surface area (Å²) in [4.78, 5) is 65.8. The second-order valence-electron chi connectivity index (χ2n) is 9.59. The number of carboxylic acids is 1. The van der Waals surface area contributed by atoms with Crippen LogP contribution in [0.3, 0.4) is 0 Å². The number of carbonyl (C=O) groups excluding carboxylic acids is 4. The summed E-state index contributed by atoms with van der Waals surface area (Å²) in [6, 6.07) is 15.6. The molecule has 41 heavy (non-hydrogen) atoms. The summed E-state index contributed by atoms with van der Waals surface area (Å²) >= 11 is 0. The lowest BCUT2D eigenvalue weighted by Gasteiger charge is -2.26. The Balaban J connectivity index is 1.43. The average molecular weight is 561 g/mol. The van der Waals surface area contributed by atoms with Gasteiger partial charge < -0.3 is 25.4 Å². The van der Waals surface area contributed by atoms with Gasteiger partial charge in [-0.15, -0.1) is 0 Å². The number of carboxylic acid groups (broad SMARTS) is 1. The van der Waals surface area contributed by atoms with Crippen molar-refractivity contribution in [1.29, 1.82) is 0 Å². The monoisotopic (exact) mass is 560 g/mol. The zero-order valence-electron chi connectivity index (χ0n) is 21.8. The van der Waals surface area contributed by atoms with Crippen molar-refractivity contribution in [3.05, 3.63) is 94.8 Å². The molecule has 1 fully saturated rings. The first-order valence-corrected chi connectivity index (χ1v) is 12.7. The summed E-state index contributed by atoms with van der Waals surface area (Å²) in [5.74, 6) is -3.22. The van der Waals surface area contributed by atoms with Gasteiger partial charge in [0.15, 0.2) is 0 Å². The molecule has 0 saturated carbocycles. The standard InChI is InChI=1S/C29H25FN4O7/c1-31-27(39)32-20-10-11-22-18(14-20)12-13-29(22)26(38)34(28(40)41-29)16-24(35)33(15-17-6-8-19(30)9-7-17)23-5-3-2-4-21(23)25(36)37/h2-11,14H,12-13,15-16H2,1H3,(H,36,37)(H2,31,32,39)/t29-/m1/s1. The number of nitrogens with one attached hydrogen (secondary N) is 2. The molecule has 2 aliphatic rings. The van der Waals surface area contributed by atoms with E-state index in [1.807, 2.05) is 0 Å². The van der Waals surface area contributed by atoms with Crippen LogP contribution in [0, 0.1) is 5.82 Å². The van der Waals surface area contributed by atoms with Crippen LogP contribution in [0.25, 0.3) is 0 Å². The van der Waals surface area contributed by atoms with Crippen molar-refractivity contribution >= 4 is 41.3 Å². The molecule has 11 nitrogen and oxygen atoms in total. The number of urea groups is 1. The number of para-hydroxylation sites is 1. The number of aromatic carboxylic acids is 1. The number of hydrogen-bond donors (Lipinski definition) is 3. The fourth-order valence-corrected chi connectivity index (χ4v) is 5.12. The Morgan fingerprint density at radius 2 is 1.80 bits per heavy atom. The Labute approximate surface area is 233 Å². The zero-order valence-corrected chi connectivity index (χ0v) is 21.8. The third kappa shape index (κ3) is 5.07. The summed E-state index contributed by atoms with van der Waals surface area (Å²) in [6.07, 6.45) is -0.457. The second kappa shape index (κ2) is 10.7. The first-order chi connectivity index (χ1) is 19.6. The molecule has 3 aromatic carbocycles. The Morgan fingerprint density at radius 3 is 2.51 bits per heavy atom. The van der Waals surface area contributed by atoms with E-state index in [-0.39, 0.29) is 24.2 Å². The molecular formula is C29H25FN4O7. The normalized spacial score (nSPS) is 17.3. The molecular weight excluding hydrogens is 535 g/mol. The van der Waals surface area contributed by atoms with E-state index in [0.29, 0.717) is 28.8 Å². The number of aryl methyl sites for hydroxylation is 1. The van der Waals surface area contributed by atoms with Gasteiger partial charge in [-0.2, -0.15) is 0 Å². The lowest BCUT2D eigenvalue weighted by Crippen LogP contribution is -2.45. The SMILES string of the molecule is CNC(=O)Nc1ccc2c(c1)CC[C@@]21OC(=O)N(CC(=O)N(Cc2ccc(F)cc2)c2ccccc2C(=O)O)C1=O.